The van der Waals surface area contributed by atoms with Gasteiger partial charge in [0.1, 0.15) is 17.4 Å². The largest absolute Gasteiger partial charge is 0.496 e. The number of amides is 1. The molecule has 1 aromatic heterocycles. The van der Waals surface area contributed by atoms with E-state index in [1.165, 1.54) is 6.07 Å². The third-order valence-electron chi connectivity index (χ3n) is 5.15. The van der Waals surface area contributed by atoms with E-state index < -0.39 is 5.82 Å². The maximum absolute atomic E-state index is 14.4. The van der Waals surface area contributed by atoms with Gasteiger partial charge in [0.05, 0.1) is 19.2 Å². The van der Waals surface area contributed by atoms with Gasteiger partial charge in [-0.2, -0.15) is 0 Å². The number of carbonyl (C=O) groups is 1. The molecule has 7 heteroatoms. The lowest BCUT2D eigenvalue weighted by atomic mass is 10.1. The minimum atomic E-state index is -0.488. The van der Waals surface area contributed by atoms with Crippen molar-refractivity contribution in [3.8, 4) is 17.1 Å². The fraction of sp³-hybridized carbons (Fsp3) is 0.318. The molecule has 6 nitrogen and oxygen atoms in total. The highest BCUT2D eigenvalue weighted by molar-refractivity contribution is 5.93. The average Bonchev–Trinajstić information content (AvgIpc) is 2.98. The summed E-state index contributed by atoms with van der Waals surface area (Å²) in [5.74, 6) is 1.50. The van der Waals surface area contributed by atoms with Crippen molar-refractivity contribution in [1.82, 2.24) is 14.8 Å². The van der Waals surface area contributed by atoms with Gasteiger partial charge in [-0.15, -0.1) is 10.2 Å². The second kappa shape index (κ2) is 8.43. The van der Waals surface area contributed by atoms with Crippen LogP contribution in [0.2, 0.25) is 0 Å². The van der Waals surface area contributed by atoms with Crippen LogP contribution in [-0.2, 0) is 24.2 Å². The first-order valence-electron chi connectivity index (χ1n) is 9.79. The van der Waals surface area contributed by atoms with Crippen LogP contribution >= 0.6 is 0 Å². The van der Waals surface area contributed by atoms with Gasteiger partial charge >= 0.3 is 0 Å². The Morgan fingerprint density at radius 1 is 1.17 bits per heavy atom. The zero-order valence-electron chi connectivity index (χ0n) is 16.3. The Hall–Kier alpha value is -3.22. The third-order valence-corrected chi connectivity index (χ3v) is 5.15. The fourth-order valence-corrected chi connectivity index (χ4v) is 3.68. The molecule has 1 aliphatic heterocycles. The van der Waals surface area contributed by atoms with Gasteiger partial charge < -0.3 is 14.6 Å². The lowest BCUT2D eigenvalue weighted by Crippen LogP contribution is -2.16. The standard InChI is InChI=1S/C22H23FN4O2/c1-29-19-8-5-4-7-15(19)14-21(28)24-18-13-16(10-11-17(18)23)22-26-25-20-9-3-2-6-12-27(20)22/h4-5,7-8,10-11,13H,2-3,6,9,12,14H2,1H3,(H,24,28). The Labute approximate surface area is 168 Å². The Balaban J connectivity index is 1.56. The Bertz CT molecular complexity index is 1030. The number of para-hydroxylation sites is 1. The van der Waals surface area contributed by atoms with Crippen LogP contribution in [0.15, 0.2) is 42.5 Å². The van der Waals surface area contributed by atoms with Gasteiger partial charge in [-0.1, -0.05) is 24.6 Å². The first-order chi connectivity index (χ1) is 14.2. The molecule has 29 heavy (non-hydrogen) atoms. The van der Waals surface area contributed by atoms with Crippen molar-refractivity contribution >= 4 is 11.6 Å². The number of nitrogens with zero attached hydrogens (tertiary/aromatic N) is 3. The van der Waals surface area contributed by atoms with E-state index in [9.17, 15) is 9.18 Å². The van der Waals surface area contributed by atoms with E-state index in [-0.39, 0.29) is 18.0 Å². The van der Waals surface area contributed by atoms with Crippen LogP contribution in [0.1, 0.15) is 30.7 Å². The Morgan fingerprint density at radius 2 is 2.03 bits per heavy atom. The van der Waals surface area contributed by atoms with Gasteiger partial charge in [-0.25, -0.2) is 4.39 Å². The van der Waals surface area contributed by atoms with Crippen molar-refractivity contribution in [2.45, 2.75) is 38.6 Å². The summed E-state index contributed by atoms with van der Waals surface area (Å²) >= 11 is 0. The predicted molar refractivity (Wildman–Crippen MR) is 108 cm³/mol. The molecule has 0 radical (unpaired) electrons. The molecule has 2 aromatic carbocycles. The molecule has 1 N–H and O–H groups in total. The monoisotopic (exact) mass is 394 g/mol. The second-order valence-corrected chi connectivity index (χ2v) is 7.13. The molecule has 0 saturated heterocycles. The molecule has 0 spiro atoms. The van der Waals surface area contributed by atoms with Crippen LogP contribution in [0, 0.1) is 5.82 Å². The maximum atomic E-state index is 14.4. The number of anilines is 1. The Kier molecular flexibility index (Phi) is 5.55. The van der Waals surface area contributed by atoms with E-state index in [4.69, 9.17) is 4.74 Å². The van der Waals surface area contributed by atoms with Gasteiger partial charge in [0.2, 0.25) is 5.91 Å². The van der Waals surface area contributed by atoms with Crippen LogP contribution in [0.25, 0.3) is 11.4 Å². The van der Waals surface area contributed by atoms with Crippen LogP contribution in [-0.4, -0.2) is 27.8 Å². The fourth-order valence-electron chi connectivity index (χ4n) is 3.68. The molecule has 0 saturated carbocycles. The smallest absolute Gasteiger partial charge is 0.229 e. The summed E-state index contributed by atoms with van der Waals surface area (Å²) < 4.78 is 21.8. The highest BCUT2D eigenvalue weighted by Crippen LogP contribution is 2.27. The molecule has 4 rings (SSSR count). The van der Waals surface area contributed by atoms with E-state index >= 15 is 0 Å². The van der Waals surface area contributed by atoms with Gasteiger partial charge in [0, 0.05) is 24.1 Å². The number of carbonyl (C=O) groups excluding carboxylic acids is 1. The number of halogens is 1. The number of methoxy groups -OCH3 is 1. The van der Waals surface area contributed by atoms with E-state index in [2.05, 4.69) is 20.1 Å². The summed E-state index contributed by atoms with van der Waals surface area (Å²) in [7, 11) is 1.56. The van der Waals surface area contributed by atoms with Gasteiger partial charge in [-0.3, -0.25) is 4.79 Å². The minimum Gasteiger partial charge on any atom is -0.496 e. The number of nitrogens with one attached hydrogen (secondary N) is 1. The number of benzene rings is 2. The van der Waals surface area contributed by atoms with Crippen molar-refractivity contribution in [3.63, 3.8) is 0 Å². The first-order valence-corrected chi connectivity index (χ1v) is 9.79. The second-order valence-electron chi connectivity index (χ2n) is 7.13. The molecule has 1 aliphatic rings. The Morgan fingerprint density at radius 3 is 2.90 bits per heavy atom. The number of hydrogen-bond donors (Lipinski definition) is 1. The zero-order chi connectivity index (χ0) is 20.2. The molecular formula is C22H23FN4O2. The van der Waals surface area contributed by atoms with Crippen LogP contribution in [0.5, 0.6) is 5.75 Å². The van der Waals surface area contributed by atoms with Crippen molar-refractivity contribution in [2.75, 3.05) is 12.4 Å². The third kappa shape index (κ3) is 4.13. The summed E-state index contributed by atoms with van der Waals surface area (Å²) in [6.45, 7) is 0.852. The zero-order valence-corrected chi connectivity index (χ0v) is 16.3. The van der Waals surface area contributed by atoms with E-state index in [1.807, 2.05) is 18.2 Å². The van der Waals surface area contributed by atoms with E-state index in [1.54, 1.807) is 25.3 Å². The summed E-state index contributed by atoms with van der Waals surface area (Å²) in [5, 5.41) is 11.3. The number of aryl methyl sites for hydroxylation is 1. The van der Waals surface area contributed by atoms with Crippen molar-refractivity contribution in [1.29, 1.82) is 0 Å². The predicted octanol–water partition coefficient (Wildman–Crippen LogP) is 4.00. The van der Waals surface area contributed by atoms with Crippen molar-refractivity contribution in [3.05, 3.63) is 59.7 Å². The van der Waals surface area contributed by atoms with Crippen molar-refractivity contribution in [2.24, 2.45) is 0 Å². The number of hydrogen-bond acceptors (Lipinski definition) is 4. The van der Waals surface area contributed by atoms with Crippen LogP contribution in [0.3, 0.4) is 0 Å². The molecule has 1 amide bonds. The number of fused-ring (bicyclic) bond motifs is 1. The maximum Gasteiger partial charge on any atom is 0.229 e. The lowest BCUT2D eigenvalue weighted by molar-refractivity contribution is -0.115. The summed E-state index contributed by atoms with van der Waals surface area (Å²) in [5.41, 5.74) is 1.61. The molecule has 3 aromatic rings. The molecular weight excluding hydrogens is 371 g/mol. The van der Waals surface area contributed by atoms with E-state index in [0.29, 0.717) is 11.6 Å². The molecule has 0 atom stereocenters. The van der Waals surface area contributed by atoms with Gasteiger partial charge in [0.15, 0.2) is 5.82 Å². The summed E-state index contributed by atoms with van der Waals surface area (Å²) in [6.07, 6.45) is 4.33. The van der Waals surface area contributed by atoms with Gasteiger partial charge in [-0.05, 0) is 37.1 Å². The molecule has 150 valence electrons. The number of rotatable bonds is 5. The highest BCUT2D eigenvalue weighted by atomic mass is 19.1. The van der Waals surface area contributed by atoms with Crippen molar-refractivity contribution < 1.29 is 13.9 Å². The molecule has 0 fully saturated rings. The average molecular weight is 394 g/mol. The van der Waals surface area contributed by atoms with Gasteiger partial charge in [0.25, 0.3) is 0 Å². The van der Waals surface area contributed by atoms with Crippen LogP contribution in [0.4, 0.5) is 10.1 Å². The molecule has 2 heterocycles. The molecule has 0 bridgehead atoms. The van der Waals surface area contributed by atoms with E-state index in [0.717, 1.165) is 49.2 Å². The summed E-state index contributed by atoms with van der Waals surface area (Å²) in [6, 6.07) is 11.9. The number of aromatic nitrogens is 3. The first kappa shape index (κ1) is 19.1. The minimum absolute atomic E-state index is 0.0913. The SMILES string of the molecule is COc1ccccc1CC(=O)Nc1cc(-c2nnc3n2CCCCC3)ccc1F. The highest BCUT2D eigenvalue weighted by Gasteiger charge is 2.18. The molecule has 0 aliphatic carbocycles. The lowest BCUT2D eigenvalue weighted by Gasteiger charge is -2.11. The number of ether oxygens (including phenoxy) is 1. The normalized spacial score (nSPS) is 13.4. The molecule has 0 unspecified atom stereocenters. The summed E-state index contributed by atoms with van der Waals surface area (Å²) in [4.78, 5) is 12.5. The topological polar surface area (TPSA) is 69.0 Å². The quantitative estimate of drug-likeness (QED) is 0.710. The van der Waals surface area contributed by atoms with Crippen LogP contribution < -0.4 is 10.1 Å².